The van der Waals surface area contributed by atoms with Crippen molar-refractivity contribution in [3.05, 3.63) is 100 Å². The lowest BCUT2D eigenvalue weighted by molar-refractivity contribution is 0.286. The van der Waals surface area contributed by atoms with Crippen molar-refractivity contribution in [2.24, 2.45) is 0 Å². The van der Waals surface area contributed by atoms with E-state index in [2.05, 4.69) is 39.7 Å². The fourth-order valence-electron chi connectivity index (χ4n) is 4.78. The lowest BCUT2D eigenvalue weighted by atomic mass is 9.96. The summed E-state index contributed by atoms with van der Waals surface area (Å²) in [5.74, 6) is 1.60. The molecule has 1 aromatic carbocycles. The number of benzene rings is 1. The second-order valence-electron chi connectivity index (χ2n) is 8.31. The fourth-order valence-corrected chi connectivity index (χ4v) is 5.25. The minimum absolute atomic E-state index is 0.0855. The van der Waals surface area contributed by atoms with Crippen molar-refractivity contribution in [3.63, 3.8) is 0 Å². The molecule has 4 heterocycles. The Morgan fingerprint density at radius 2 is 2.00 bits per heavy atom. The van der Waals surface area contributed by atoms with E-state index in [1.54, 1.807) is 13.4 Å². The Balaban J connectivity index is 1.65. The number of nitrogens with one attached hydrogen (secondary N) is 1. The number of aryl methyl sites for hydroxylation is 1. The Morgan fingerprint density at radius 3 is 2.71 bits per heavy atom. The van der Waals surface area contributed by atoms with E-state index in [1.807, 2.05) is 54.7 Å². The monoisotopic (exact) mass is 492 g/mol. The van der Waals surface area contributed by atoms with Gasteiger partial charge in [0.25, 0.3) is 0 Å². The highest BCUT2D eigenvalue weighted by Crippen LogP contribution is 2.43. The molecule has 4 aromatic rings. The number of rotatable bonds is 6. The lowest BCUT2D eigenvalue weighted by Gasteiger charge is -2.27. The predicted octanol–water partition coefficient (Wildman–Crippen LogP) is 5.92. The van der Waals surface area contributed by atoms with Crippen LogP contribution in [0.2, 0.25) is 5.02 Å². The Labute approximate surface area is 209 Å². The lowest BCUT2D eigenvalue weighted by Crippen LogP contribution is -2.29. The molecule has 0 radical (unpaired) electrons. The molecule has 1 aliphatic rings. The van der Waals surface area contributed by atoms with Crippen LogP contribution in [-0.2, 0) is 6.54 Å². The summed E-state index contributed by atoms with van der Waals surface area (Å²) in [7, 11) is 1.67. The molecular weight excluding hydrogens is 468 g/mol. The fraction of sp³-hybridized carbons (Fsp3) is 0.231. The van der Waals surface area contributed by atoms with Crippen molar-refractivity contribution in [3.8, 4) is 11.4 Å². The molecule has 1 N–H and O–H groups in total. The van der Waals surface area contributed by atoms with Gasteiger partial charge in [0.15, 0.2) is 5.11 Å². The zero-order chi connectivity index (χ0) is 23.8. The van der Waals surface area contributed by atoms with Crippen molar-refractivity contribution in [1.82, 2.24) is 19.8 Å². The van der Waals surface area contributed by atoms with Gasteiger partial charge in [-0.2, -0.15) is 0 Å². The summed E-state index contributed by atoms with van der Waals surface area (Å²) in [6.07, 6.45) is 3.50. The third kappa shape index (κ3) is 3.95. The summed E-state index contributed by atoms with van der Waals surface area (Å²) in [4.78, 5) is 6.82. The minimum Gasteiger partial charge on any atom is -0.495 e. The number of furan rings is 1. The number of pyridine rings is 1. The first-order valence-corrected chi connectivity index (χ1v) is 11.8. The van der Waals surface area contributed by atoms with Crippen LogP contribution in [0.4, 0.5) is 0 Å². The Kier molecular flexibility index (Phi) is 6.06. The van der Waals surface area contributed by atoms with Gasteiger partial charge in [-0.05, 0) is 80.2 Å². The van der Waals surface area contributed by atoms with Crippen LogP contribution in [0.25, 0.3) is 5.69 Å². The third-order valence-corrected chi connectivity index (χ3v) is 6.86. The average molecular weight is 493 g/mol. The Hall–Kier alpha value is -3.29. The van der Waals surface area contributed by atoms with Crippen molar-refractivity contribution < 1.29 is 9.15 Å². The second-order valence-corrected chi connectivity index (χ2v) is 9.14. The third-order valence-electron chi connectivity index (χ3n) is 6.27. The largest absolute Gasteiger partial charge is 0.495 e. The van der Waals surface area contributed by atoms with Crippen molar-refractivity contribution in [2.45, 2.75) is 32.5 Å². The predicted molar refractivity (Wildman–Crippen MR) is 137 cm³/mol. The highest BCUT2D eigenvalue weighted by Gasteiger charge is 2.41. The summed E-state index contributed by atoms with van der Waals surface area (Å²) < 4.78 is 13.5. The van der Waals surface area contributed by atoms with Crippen molar-refractivity contribution in [1.29, 1.82) is 0 Å². The van der Waals surface area contributed by atoms with Crippen molar-refractivity contribution >= 4 is 28.9 Å². The highest BCUT2D eigenvalue weighted by atomic mass is 35.5. The average Bonchev–Trinajstić information content (AvgIpc) is 3.53. The molecule has 0 amide bonds. The van der Waals surface area contributed by atoms with Crippen LogP contribution in [0.3, 0.4) is 0 Å². The number of hydrogen-bond acceptors (Lipinski definition) is 4. The molecule has 174 valence electrons. The van der Waals surface area contributed by atoms with E-state index in [-0.39, 0.29) is 12.1 Å². The molecule has 1 saturated heterocycles. The molecule has 0 bridgehead atoms. The van der Waals surface area contributed by atoms with Gasteiger partial charge in [-0.15, -0.1) is 0 Å². The molecule has 1 aliphatic heterocycles. The molecule has 0 unspecified atom stereocenters. The van der Waals surface area contributed by atoms with Gasteiger partial charge in [0.2, 0.25) is 0 Å². The zero-order valence-electron chi connectivity index (χ0n) is 19.2. The summed E-state index contributed by atoms with van der Waals surface area (Å²) in [5, 5.41) is 4.83. The number of aromatic nitrogens is 2. The van der Waals surface area contributed by atoms with Crippen LogP contribution in [0.15, 0.2) is 71.5 Å². The van der Waals surface area contributed by atoms with Gasteiger partial charge < -0.3 is 23.9 Å². The van der Waals surface area contributed by atoms with Gasteiger partial charge in [-0.1, -0.05) is 17.7 Å². The van der Waals surface area contributed by atoms with Crippen molar-refractivity contribution in [2.75, 3.05) is 7.11 Å². The maximum absolute atomic E-state index is 6.36. The standard InChI is InChI=1S/C26H25ClN4O2S/c1-16-13-20(17(2)31(16)22-14-18(27)9-10-23(22)32-3)25-24(21-8-4-5-11-28-21)29-26(34)30(25)15-19-7-6-12-33-19/h4-14,24-25H,15H2,1-3H3,(H,29,34)/t24-,25+/m0/s1. The molecule has 0 saturated carbocycles. The van der Waals surface area contributed by atoms with Crippen LogP contribution in [0.5, 0.6) is 5.75 Å². The van der Waals surface area contributed by atoms with E-state index >= 15 is 0 Å². The Bertz CT molecular complexity index is 1320. The maximum Gasteiger partial charge on any atom is 0.170 e. The summed E-state index contributed by atoms with van der Waals surface area (Å²) in [6.45, 7) is 4.76. The molecule has 6 nitrogen and oxygen atoms in total. The van der Waals surface area contributed by atoms with Gasteiger partial charge in [0, 0.05) is 22.6 Å². The van der Waals surface area contributed by atoms with Gasteiger partial charge in [0.1, 0.15) is 11.5 Å². The van der Waals surface area contributed by atoms with Crippen LogP contribution in [-0.4, -0.2) is 26.7 Å². The molecule has 3 aromatic heterocycles. The van der Waals surface area contributed by atoms with Gasteiger partial charge in [-0.25, -0.2) is 0 Å². The normalized spacial score (nSPS) is 17.8. The smallest absolute Gasteiger partial charge is 0.170 e. The van der Waals surface area contributed by atoms with E-state index in [4.69, 9.17) is 33.0 Å². The van der Waals surface area contributed by atoms with Gasteiger partial charge >= 0.3 is 0 Å². The maximum atomic E-state index is 6.36. The molecule has 34 heavy (non-hydrogen) atoms. The molecule has 0 aliphatic carbocycles. The topological polar surface area (TPSA) is 55.5 Å². The van der Waals surface area contributed by atoms with E-state index in [1.165, 1.54) is 0 Å². The second kappa shape index (κ2) is 9.16. The molecule has 5 rings (SSSR count). The molecule has 2 atom stereocenters. The molecule has 0 spiro atoms. The van der Waals surface area contributed by atoms with Gasteiger partial charge in [0.05, 0.1) is 43.4 Å². The molecule has 8 heteroatoms. The molecule has 1 fully saturated rings. The highest BCUT2D eigenvalue weighted by molar-refractivity contribution is 7.80. The zero-order valence-corrected chi connectivity index (χ0v) is 20.7. The summed E-state index contributed by atoms with van der Waals surface area (Å²) in [5.41, 5.74) is 5.14. The van der Waals surface area contributed by atoms with Crippen LogP contribution >= 0.6 is 23.8 Å². The summed E-state index contributed by atoms with van der Waals surface area (Å²) >= 11 is 12.2. The Morgan fingerprint density at radius 1 is 1.15 bits per heavy atom. The van der Waals surface area contributed by atoms with Gasteiger partial charge in [-0.3, -0.25) is 4.98 Å². The number of methoxy groups -OCH3 is 1. The minimum atomic E-state index is -0.112. The number of nitrogens with zero attached hydrogens (tertiary/aromatic N) is 3. The molecular formula is C26H25ClN4O2S. The number of ether oxygens (including phenoxy) is 1. The van der Waals surface area contributed by atoms with E-state index < -0.39 is 0 Å². The summed E-state index contributed by atoms with van der Waals surface area (Å²) in [6, 6.07) is 17.5. The first kappa shape index (κ1) is 22.5. The van der Waals surface area contributed by atoms with Crippen LogP contribution in [0.1, 0.15) is 40.5 Å². The van der Waals surface area contributed by atoms with E-state index in [0.29, 0.717) is 16.7 Å². The number of halogens is 1. The SMILES string of the molecule is COc1ccc(Cl)cc1-n1c(C)cc([C@@H]2[C@H](c3ccccn3)NC(=S)N2Cc2ccco2)c1C. The number of thiocarbonyl (C=S) groups is 1. The quantitative estimate of drug-likeness (QED) is 0.337. The number of hydrogen-bond donors (Lipinski definition) is 1. The van der Waals surface area contributed by atoms with Crippen LogP contribution in [0, 0.1) is 13.8 Å². The van der Waals surface area contributed by atoms with Crippen LogP contribution < -0.4 is 10.1 Å². The van der Waals surface area contributed by atoms with E-state index in [0.717, 1.165) is 39.8 Å². The first-order chi connectivity index (χ1) is 16.5. The van der Waals surface area contributed by atoms with E-state index in [9.17, 15) is 0 Å². The first-order valence-electron chi connectivity index (χ1n) is 11.0.